The van der Waals surface area contributed by atoms with Crippen LogP contribution in [0.5, 0.6) is 0 Å². The first-order valence-corrected chi connectivity index (χ1v) is 14.1. The molecule has 1 amide bonds. The van der Waals surface area contributed by atoms with Gasteiger partial charge in [-0.25, -0.2) is 18.7 Å². The normalized spacial score (nSPS) is 18.9. The van der Waals surface area contributed by atoms with E-state index in [1.165, 1.54) is 34.9 Å². The van der Waals surface area contributed by atoms with E-state index in [1.54, 1.807) is 23.2 Å². The first kappa shape index (κ1) is 23.9. The predicted octanol–water partition coefficient (Wildman–Crippen LogP) is 6.06. The fourth-order valence-corrected chi connectivity index (χ4v) is 5.93. The third-order valence-electron chi connectivity index (χ3n) is 7.83. The van der Waals surface area contributed by atoms with E-state index in [4.69, 9.17) is 11.8 Å². The zero-order chi connectivity index (χ0) is 35.2. The average molecular weight is 586 g/mol. The maximum Gasteiger partial charge on any atom is 0.355 e. The van der Waals surface area contributed by atoms with Crippen molar-refractivity contribution in [3.63, 3.8) is 0 Å². The van der Waals surface area contributed by atoms with E-state index in [0.717, 1.165) is 0 Å². The highest BCUT2D eigenvalue weighted by Gasteiger charge is 2.34. The second kappa shape index (κ2) is 11.6. The number of aryl methyl sites for hydroxylation is 1. The van der Waals surface area contributed by atoms with Crippen LogP contribution in [0.1, 0.15) is 64.1 Å². The number of carbonyl (C=O) groups is 1. The Balaban J connectivity index is 1.88. The number of aromatic nitrogens is 4. The van der Waals surface area contributed by atoms with Crippen molar-refractivity contribution < 1.29 is 16.0 Å². The summed E-state index contributed by atoms with van der Waals surface area (Å²) in [6.45, 7) is 9.91. The fourth-order valence-electron chi connectivity index (χ4n) is 5.93. The third-order valence-corrected chi connectivity index (χ3v) is 7.83. The molecule has 0 unspecified atom stereocenters. The summed E-state index contributed by atoms with van der Waals surface area (Å²) < 4.78 is 57.8. The molecule has 0 spiro atoms. The zero-order valence-electron chi connectivity index (χ0n) is 29.8. The van der Waals surface area contributed by atoms with Crippen LogP contribution < -0.4 is 10.6 Å². The monoisotopic (exact) mass is 585 g/mol. The highest BCUT2D eigenvalue weighted by Crippen LogP contribution is 2.36. The zero-order valence-corrected chi connectivity index (χ0v) is 24.8. The van der Waals surface area contributed by atoms with Crippen molar-refractivity contribution in [3.05, 3.63) is 94.9 Å². The topological polar surface area (TPSA) is 84.2 Å². The minimum atomic E-state index is -2.85. The van der Waals surface area contributed by atoms with Gasteiger partial charge in [-0.05, 0) is 62.9 Å². The molecule has 0 radical (unpaired) electrons. The minimum absolute atomic E-state index is 0.0441. The Kier molecular flexibility index (Phi) is 6.41. The quantitative estimate of drug-likeness (QED) is 0.256. The summed E-state index contributed by atoms with van der Waals surface area (Å²) in [7, 11) is 0. The molecule has 0 aliphatic carbocycles. The van der Waals surface area contributed by atoms with Crippen LogP contribution in [0.4, 0.5) is 10.2 Å². The summed E-state index contributed by atoms with van der Waals surface area (Å²) in [6, 6.07) is 8.34. The largest absolute Gasteiger partial charge is 0.355 e. The molecule has 4 heterocycles. The summed E-state index contributed by atoms with van der Waals surface area (Å²) >= 11 is 0. The van der Waals surface area contributed by atoms with E-state index in [1.807, 2.05) is 39.5 Å². The number of hydrogen-bond donors (Lipinski definition) is 0. The summed E-state index contributed by atoms with van der Waals surface area (Å²) in [5.74, 6) is -0.965. The van der Waals surface area contributed by atoms with Gasteiger partial charge in [0.25, 0.3) is 0 Å². The van der Waals surface area contributed by atoms with Crippen molar-refractivity contribution >= 4 is 28.3 Å². The number of pyridine rings is 2. The molecule has 0 N–H and O–H groups in total. The molecule has 1 aliphatic rings. The van der Waals surface area contributed by atoms with Crippen molar-refractivity contribution in [2.24, 2.45) is 0 Å². The van der Waals surface area contributed by atoms with Crippen molar-refractivity contribution in [3.8, 4) is 16.9 Å². The second-order valence-electron chi connectivity index (χ2n) is 11.2. The van der Waals surface area contributed by atoms with Gasteiger partial charge in [0, 0.05) is 41.0 Å². The van der Waals surface area contributed by atoms with Crippen LogP contribution in [-0.4, -0.2) is 55.5 Å². The molecule has 1 aromatic carbocycles. The van der Waals surface area contributed by atoms with Gasteiger partial charge in [0.1, 0.15) is 17.3 Å². The molecule has 43 heavy (non-hydrogen) atoms. The maximum atomic E-state index is 16.5. The Hall–Kier alpha value is -4.66. The second-order valence-corrected chi connectivity index (χ2v) is 11.2. The highest BCUT2D eigenvalue weighted by molar-refractivity contribution is 5.92. The minimum Gasteiger partial charge on any atom is -0.347 e. The van der Waals surface area contributed by atoms with E-state index in [-0.39, 0.29) is 57.6 Å². The summed E-state index contributed by atoms with van der Waals surface area (Å²) in [5, 5.41) is 0.224. The molecule has 3 aromatic heterocycles. The number of benzene rings is 1. The van der Waals surface area contributed by atoms with E-state index in [0.29, 0.717) is 30.0 Å². The Bertz CT molecular complexity index is 2010. The lowest BCUT2D eigenvalue weighted by Crippen LogP contribution is -2.58. The number of hydrogen-bond acceptors (Lipinski definition) is 6. The Labute approximate surface area is 258 Å². The summed E-state index contributed by atoms with van der Waals surface area (Å²) in [4.78, 5) is 44.1. The highest BCUT2D eigenvalue weighted by atomic mass is 19.1. The van der Waals surface area contributed by atoms with Gasteiger partial charge in [-0.3, -0.25) is 9.78 Å². The number of halogens is 1. The van der Waals surface area contributed by atoms with Crippen LogP contribution in [0.15, 0.2) is 66.6 Å². The Morgan fingerprint density at radius 2 is 1.91 bits per heavy atom. The van der Waals surface area contributed by atoms with Gasteiger partial charge in [0.05, 0.1) is 19.5 Å². The smallest absolute Gasteiger partial charge is 0.347 e. The number of amides is 1. The van der Waals surface area contributed by atoms with Crippen LogP contribution in [-0.2, 0) is 4.79 Å². The lowest BCUT2D eigenvalue weighted by atomic mass is 9.98. The van der Waals surface area contributed by atoms with E-state index in [9.17, 15) is 9.59 Å². The standard InChI is InChI=1S/C34H37FN6O2/c1-9-28(42)39-17-22(7)40(23(8)18-39)33-26-16-27(35)30(25-13-11-10-12-24(25)19(2)3)37-32(26)41(34(43)38-33)31-21(6)14-15-36-29(31)20(4)5/h9-16,20,22-23H,1-2,17-18H2,3-8H3/t22-,23-/m0/s1/i2D2,3D3. The van der Waals surface area contributed by atoms with Gasteiger partial charge >= 0.3 is 5.69 Å². The van der Waals surface area contributed by atoms with Crippen LogP contribution >= 0.6 is 0 Å². The first-order chi connectivity index (χ1) is 22.6. The lowest BCUT2D eigenvalue weighted by molar-refractivity contribution is -0.127. The molecule has 0 saturated carbocycles. The molecule has 1 saturated heterocycles. The van der Waals surface area contributed by atoms with Gasteiger partial charge < -0.3 is 9.80 Å². The van der Waals surface area contributed by atoms with Crippen LogP contribution in [0.25, 0.3) is 33.6 Å². The number of carbonyl (C=O) groups excluding carboxylic acids is 1. The maximum absolute atomic E-state index is 16.5. The first-order valence-electron chi connectivity index (χ1n) is 16.6. The van der Waals surface area contributed by atoms with Crippen molar-refractivity contribution in [1.29, 1.82) is 0 Å². The number of anilines is 1. The van der Waals surface area contributed by atoms with Crippen molar-refractivity contribution in [1.82, 2.24) is 24.4 Å². The number of piperazine rings is 1. The molecule has 4 aromatic rings. The molecule has 0 bridgehead atoms. The molecular weight excluding hydrogens is 543 g/mol. The summed E-state index contributed by atoms with van der Waals surface area (Å²) in [6.07, 6.45) is 2.90. The van der Waals surface area contributed by atoms with Crippen LogP contribution in [0.2, 0.25) is 0 Å². The molecule has 2 atom stereocenters. The van der Waals surface area contributed by atoms with Crippen molar-refractivity contribution in [2.45, 2.75) is 59.5 Å². The van der Waals surface area contributed by atoms with Gasteiger partial charge in [-0.2, -0.15) is 4.98 Å². The van der Waals surface area contributed by atoms with E-state index in [2.05, 4.69) is 16.5 Å². The molecule has 1 fully saturated rings. The number of allylic oxidation sites excluding steroid dienone is 1. The number of rotatable bonds is 6. The van der Waals surface area contributed by atoms with Crippen LogP contribution in [0, 0.1) is 12.7 Å². The molecule has 222 valence electrons. The molecule has 1 aliphatic heterocycles. The van der Waals surface area contributed by atoms with Gasteiger partial charge in [0.15, 0.2) is 5.65 Å². The molecular formula is C34H37FN6O2. The SMILES string of the molecule is [2H]C([2H])=C(c1ccccc1-c1nc2c(cc1F)c(N1[C@@H](C)CN(C(=O)C=C)C[C@@H]1C)nc(=O)n2-c1c(C)ccnc1C(C)C)C([2H])([2H])[2H]. The average Bonchev–Trinajstić information content (AvgIpc) is 3.00. The molecule has 5 rings (SSSR count). The van der Waals surface area contributed by atoms with Crippen molar-refractivity contribution in [2.75, 3.05) is 18.0 Å². The predicted molar refractivity (Wildman–Crippen MR) is 170 cm³/mol. The lowest BCUT2D eigenvalue weighted by Gasteiger charge is -2.45. The summed E-state index contributed by atoms with van der Waals surface area (Å²) in [5.41, 5.74) is 0.312. The van der Waals surface area contributed by atoms with E-state index < -0.39 is 30.5 Å². The van der Waals surface area contributed by atoms with Gasteiger partial charge in [-0.1, -0.05) is 56.8 Å². The Morgan fingerprint density at radius 1 is 1.19 bits per heavy atom. The van der Waals surface area contributed by atoms with Crippen LogP contribution in [0.3, 0.4) is 0 Å². The Morgan fingerprint density at radius 3 is 2.56 bits per heavy atom. The molecule has 9 heteroatoms. The third kappa shape index (κ3) is 5.24. The fraction of sp³-hybridized carbons (Fsp3) is 0.324. The number of fused-ring (bicyclic) bond motifs is 1. The van der Waals surface area contributed by atoms with E-state index >= 15 is 4.39 Å². The van der Waals surface area contributed by atoms with Gasteiger partial charge in [0.2, 0.25) is 5.91 Å². The van der Waals surface area contributed by atoms with Gasteiger partial charge in [-0.15, -0.1) is 0 Å². The molecule has 8 nitrogen and oxygen atoms in total. The number of nitrogens with zero attached hydrogens (tertiary/aromatic N) is 6.